The highest BCUT2D eigenvalue weighted by Gasteiger charge is 2.31. The van der Waals surface area contributed by atoms with Crippen LogP contribution in [0.1, 0.15) is 26.4 Å². The number of benzene rings is 3. The average molecular weight is 463 g/mol. The molecule has 0 aliphatic rings. The molecule has 0 unspecified atom stereocenters. The molecule has 162 valence electrons. The number of carbonyl (C=O) groups is 1. The maximum Gasteiger partial charge on any atom is 0.211 e. The fraction of sp³-hybridized carbons (Fsp3) is 0.0800. The second-order valence-corrected chi connectivity index (χ2v) is 10.4. The Labute approximate surface area is 191 Å². The molecule has 0 aliphatic heterocycles. The van der Waals surface area contributed by atoms with Gasteiger partial charge in [0.25, 0.3) is 0 Å². The predicted octanol–water partition coefficient (Wildman–Crippen LogP) is 5.75. The number of rotatable bonds is 6. The lowest BCUT2D eigenvalue weighted by molar-refractivity contribution is 0.104. The van der Waals surface area contributed by atoms with Crippen molar-refractivity contribution >= 4 is 43.3 Å². The molecule has 0 aliphatic carbocycles. The highest BCUT2D eigenvalue weighted by molar-refractivity contribution is 7.92. The molecule has 0 atom stereocenters. The Hall–Kier alpha value is -3.42. The van der Waals surface area contributed by atoms with Crippen LogP contribution in [0.3, 0.4) is 0 Å². The van der Waals surface area contributed by atoms with Crippen LogP contribution in [0, 0.1) is 13.8 Å². The Morgan fingerprint density at radius 2 is 1.41 bits per heavy atom. The van der Waals surface area contributed by atoms with Crippen LogP contribution in [0.5, 0.6) is 0 Å². The van der Waals surface area contributed by atoms with Gasteiger partial charge in [0.1, 0.15) is 14.8 Å². The van der Waals surface area contributed by atoms with Gasteiger partial charge in [0.15, 0.2) is 0 Å². The first kappa shape index (κ1) is 21.8. The molecule has 0 saturated heterocycles. The zero-order chi connectivity index (χ0) is 22.9. The van der Waals surface area contributed by atoms with Crippen LogP contribution >= 0.6 is 11.3 Å². The quantitative estimate of drug-likeness (QED) is 0.356. The van der Waals surface area contributed by atoms with E-state index in [1.807, 2.05) is 44.2 Å². The number of nitrogens with one attached hydrogen (secondary N) is 1. The SMILES string of the molecule is Cc1ccc(Nc2sc(C(=O)c3ccccc3)c(N)c2S(=O)(=O)c2ccc(C)cc2)cc1. The Morgan fingerprint density at radius 3 is 2.00 bits per heavy atom. The lowest BCUT2D eigenvalue weighted by Gasteiger charge is -2.10. The standard InChI is InChI=1S/C25H22N2O3S2/c1-16-8-12-19(13-9-16)27-25-24(32(29,30)20-14-10-17(2)11-15-20)21(26)23(31-25)22(28)18-6-4-3-5-7-18/h3-15,27H,26H2,1-2H3. The van der Waals surface area contributed by atoms with Crippen molar-refractivity contribution in [3.8, 4) is 0 Å². The molecule has 0 bridgehead atoms. The van der Waals surface area contributed by atoms with Gasteiger partial charge in [0.2, 0.25) is 15.6 Å². The molecule has 1 heterocycles. The normalized spacial score (nSPS) is 11.3. The topological polar surface area (TPSA) is 89.3 Å². The number of nitrogens with two attached hydrogens (primary N) is 1. The molecule has 4 aromatic rings. The zero-order valence-electron chi connectivity index (χ0n) is 17.6. The van der Waals surface area contributed by atoms with E-state index < -0.39 is 9.84 Å². The lowest BCUT2D eigenvalue weighted by atomic mass is 10.1. The van der Waals surface area contributed by atoms with Crippen LogP contribution in [-0.2, 0) is 9.84 Å². The Balaban J connectivity index is 1.88. The fourth-order valence-electron chi connectivity index (χ4n) is 3.27. The van der Waals surface area contributed by atoms with Gasteiger partial charge in [-0.05, 0) is 38.1 Å². The fourth-order valence-corrected chi connectivity index (χ4v) is 6.20. The summed E-state index contributed by atoms with van der Waals surface area (Å²) >= 11 is 1.05. The maximum absolute atomic E-state index is 13.6. The first-order valence-electron chi connectivity index (χ1n) is 9.95. The maximum atomic E-state index is 13.6. The van der Waals surface area contributed by atoms with E-state index in [2.05, 4.69) is 5.32 Å². The van der Waals surface area contributed by atoms with Crippen LogP contribution < -0.4 is 11.1 Å². The molecule has 0 spiro atoms. The van der Waals surface area contributed by atoms with E-state index in [4.69, 9.17) is 5.73 Å². The third-order valence-corrected chi connectivity index (χ3v) is 8.15. The third kappa shape index (κ3) is 4.17. The van der Waals surface area contributed by atoms with Gasteiger partial charge in [-0.3, -0.25) is 4.79 Å². The number of hydrogen-bond acceptors (Lipinski definition) is 6. The number of ketones is 1. The number of aryl methyl sites for hydroxylation is 2. The Bertz CT molecular complexity index is 1370. The van der Waals surface area contributed by atoms with E-state index in [-0.39, 0.29) is 26.1 Å². The lowest BCUT2D eigenvalue weighted by Crippen LogP contribution is -2.08. The van der Waals surface area contributed by atoms with Gasteiger partial charge in [-0.25, -0.2) is 8.42 Å². The van der Waals surface area contributed by atoms with Gasteiger partial charge in [-0.1, -0.05) is 65.7 Å². The van der Waals surface area contributed by atoms with E-state index in [9.17, 15) is 13.2 Å². The van der Waals surface area contributed by atoms with Crippen LogP contribution in [0.15, 0.2) is 88.7 Å². The highest BCUT2D eigenvalue weighted by atomic mass is 32.2. The number of nitrogen functional groups attached to an aromatic ring is 1. The largest absolute Gasteiger partial charge is 0.396 e. The van der Waals surface area contributed by atoms with Crippen LogP contribution in [0.25, 0.3) is 0 Å². The van der Waals surface area contributed by atoms with E-state index in [0.717, 1.165) is 22.5 Å². The summed E-state index contributed by atoms with van der Waals surface area (Å²) in [6, 6.07) is 22.8. The van der Waals surface area contributed by atoms with Crippen LogP contribution in [0.4, 0.5) is 16.4 Å². The molecular weight excluding hydrogens is 440 g/mol. The highest BCUT2D eigenvalue weighted by Crippen LogP contribution is 2.44. The monoisotopic (exact) mass is 462 g/mol. The van der Waals surface area contributed by atoms with Gasteiger partial charge in [-0.2, -0.15) is 0 Å². The first-order valence-corrected chi connectivity index (χ1v) is 12.2. The molecule has 0 radical (unpaired) electrons. The summed E-state index contributed by atoms with van der Waals surface area (Å²) in [4.78, 5) is 13.4. The van der Waals surface area contributed by atoms with Crippen molar-refractivity contribution < 1.29 is 13.2 Å². The van der Waals surface area contributed by atoms with Gasteiger partial charge in [0, 0.05) is 11.3 Å². The van der Waals surface area contributed by atoms with Crippen molar-refractivity contribution in [1.29, 1.82) is 0 Å². The summed E-state index contributed by atoms with van der Waals surface area (Å²) in [6.07, 6.45) is 0. The molecule has 5 nitrogen and oxygen atoms in total. The van der Waals surface area contributed by atoms with Crippen molar-refractivity contribution in [3.05, 3.63) is 100 Å². The summed E-state index contributed by atoms with van der Waals surface area (Å²) in [5.41, 5.74) is 9.47. The Morgan fingerprint density at radius 1 is 0.844 bits per heavy atom. The number of carbonyl (C=O) groups excluding carboxylic acids is 1. The van der Waals surface area contributed by atoms with Gasteiger partial charge >= 0.3 is 0 Å². The molecule has 0 amide bonds. The minimum absolute atomic E-state index is 0.0426. The Kier molecular flexibility index (Phi) is 5.86. The third-order valence-electron chi connectivity index (χ3n) is 5.05. The number of hydrogen-bond donors (Lipinski definition) is 2. The summed E-state index contributed by atoms with van der Waals surface area (Å²) in [5, 5.41) is 3.47. The summed E-state index contributed by atoms with van der Waals surface area (Å²) in [6.45, 7) is 3.85. The van der Waals surface area contributed by atoms with Gasteiger partial charge in [-0.15, -0.1) is 11.3 Å². The number of thiophene rings is 1. The van der Waals surface area contributed by atoms with Crippen LogP contribution in [0.2, 0.25) is 0 Å². The van der Waals surface area contributed by atoms with Crippen molar-refractivity contribution in [1.82, 2.24) is 0 Å². The van der Waals surface area contributed by atoms with E-state index in [1.165, 1.54) is 0 Å². The molecule has 32 heavy (non-hydrogen) atoms. The number of sulfone groups is 1. The molecule has 7 heteroatoms. The predicted molar refractivity (Wildman–Crippen MR) is 130 cm³/mol. The molecular formula is C25H22N2O3S2. The minimum atomic E-state index is -3.97. The van der Waals surface area contributed by atoms with Crippen molar-refractivity contribution in [2.24, 2.45) is 0 Å². The molecule has 3 N–H and O–H groups in total. The molecule has 3 aromatic carbocycles. The first-order chi connectivity index (χ1) is 15.3. The molecule has 4 rings (SSSR count). The second kappa shape index (κ2) is 8.61. The van der Waals surface area contributed by atoms with Crippen molar-refractivity contribution in [2.75, 3.05) is 11.1 Å². The minimum Gasteiger partial charge on any atom is -0.396 e. The van der Waals surface area contributed by atoms with Crippen molar-refractivity contribution in [3.63, 3.8) is 0 Å². The van der Waals surface area contributed by atoms with E-state index in [0.29, 0.717) is 16.3 Å². The van der Waals surface area contributed by atoms with Gasteiger partial charge in [0.05, 0.1) is 10.6 Å². The van der Waals surface area contributed by atoms with Gasteiger partial charge < -0.3 is 11.1 Å². The number of anilines is 3. The van der Waals surface area contributed by atoms with Crippen molar-refractivity contribution in [2.45, 2.75) is 23.6 Å². The summed E-state index contributed by atoms with van der Waals surface area (Å²) < 4.78 is 27.2. The van der Waals surface area contributed by atoms with E-state index >= 15 is 0 Å². The zero-order valence-corrected chi connectivity index (χ0v) is 19.3. The smallest absolute Gasteiger partial charge is 0.211 e. The molecule has 1 aromatic heterocycles. The summed E-state index contributed by atoms with van der Waals surface area (Å²) in [7, 11) is -3.97. The molecule has 0 fully saturated rings. The van der Waals surface area contributed by atoms with E-state index in [1.54, 1.807) is 48.5 Å². The van der Waals surface area contributed by atoms with Crippen LogP contribution in [-0.4, -0.2) is 14.2 Å². The summed E-state index contributed by atoms with van der Waals surface area (Å²) in [5.74, 6) is -0.314. The second-order valence-electron chi connectivity index (χ2n) is 7.51. The average Bonchev–Trinajstić information content (AvgIpc) is 3.12. The molecule has 0 saturated carbocycles.